The van der Waals surface area contributed by atoms with Gasteiger partial charge in [0, 0.05) is 12.1 Å². The molecule has 2 amide bonds. The predicted octanol–water partition coefficient (Wildman–Crippen LogP) is 2.42. The second kappa shape index (κ2) is 8.54. The van der Waals surface area contributed by atoms with Crippen LogP contribution in [0.4, 0.5) is 0 Å². The third-order valence-electron chi connectivity index (χ3n) is 3.82. The van der Waals surface area contributed by atoms with Crippen molar-refractivity contribution < 1.29 is 14.0 Å². The molecule has 0 fully saturated rings. The van der Waals surface area contributed by atoms with Crippen molar-refractivity contribution >= 4 is 23.6 Å². The van der Waals surface area contributed by atoms with Crippen LogP contribution in [0.25, 0.3) is 11.4 Å². The molecule has 0 aliphatic carbocycles. The summed E-state index contributed by atoms with van der Waals surface area (Å²) in [6.45, 7) is 4.49. The van der Waals surface area contributed by atoms with Crippen molar-refractivity contribution in [1.82, 2.24) is 25.6 Å². The number of furan rings is 1. The van der Waals surface area contributed by atoms with Crippen LogP contribution in [0.5, 0.6) is 0 Å². The molecule has 0 spiro atoms. The number of nitrogens with one attached hydrogen (secondary N) is 2. The summed E-state index contributed by atoms with van der Waals surface area (Å²) in [7, 11) is 0. The summed E-state index contributed by atoms with van der Waals surface area (Å²) in [5.74, 6) is 0.843. The van der Waals surface area contributed by atoms with Crippen molar-refractivity contribution in [2.75, 3.05) is 5.75 Å². The highest BCUT2D eigenvalue weighted by Gasteiger charge is 2.17. The topological polar surface area (TPSA) is 102 Å². The number of carbonyl (C=O) groups excluding carboxylic acids is 2. The SMILES string of the molecule is CCn1c(SCC(=O)NNC(=O)c2ccccc2)nnc1-c1ccoc1C. The monoisotopic (exact) mass is 385 g/mol. The maximum absolute atomic E-state index is 12.0. The van der Waals surface area contributed by atoms with E-state index in [1.165, 1.54) is 11.8 Å². The molecule has 9 heteroatoms. The average molecular weight is 385 g/mol. The summed E-state index contributed by atoms with van der Waals surface area (Å²) < 4.78 is 7.24. The van der Waals surface area contributed by atoms with Crippen molar-refractivity contribution in [3.8, 4) is 11.4 Å². The number of thioether (sulfide) groups is 1. The Balaban J connectivity index is 1.57. The number of aryl methyl sites for hydroxylation is 1. The van der Waals surface area contributed by atoms with Gasteiger partial charge in [0.1, 0.15) is 5.76 Å². The van der Waals surface area contributed by atoms with E-state index in [9.17, 15) is 9.59 Å². The minimum atomic E-state index is -0.372. The second-order valence-electron chi connectivity index (χ2n) is 5.60. The van der Waals surface area contributed by atoms with Crippen LogP contribution in [0.1, 0.15) is 23.0 Å². The standard InChI is InChI=1S/C18H19N5O3S/c1-3-23-16(14-9-10-26-12(14)2)20-22-18(23)27-11-15(24)19-21-17(25)13-7-5-4-6-8-13/h4-10H,3,11H2,1-2H3,(H,19,24)(H,21,25). The first-order valence-electron chi connectivity index (χ1n) is 8.34. The molecule has 1 aromatic carbocycles. The highest BCUT2D eigenvalue weighted by molar-refractivity contribution is 7.99. The van der Waals surface area contributed by atoms with E-state index in [0.29, 0.717) is 23.1 Å². The lowest BCUT2D eigenvalue weighted by molar-refractivity contribution is -0.119. The summed E-state index contributed by atoms with van der Waals surface area (Å²) in [5, 5.41) is 9.00. The van der Waals surface area contributed by atoms with Crippen molar-refractivity contribution in [1.29, 1.82) is 0 Å². The first-order valence-corrected chi connectivity index (χ1v) is 9.33. The maximum atomic E-state index is 12.0. The van der Waals surface area contributed by atoms with Crippen molar-refractivity contribution in [3.63, 3.8) is 0 Å². The van der Waals surface area contributed by atoms with Gasteiger partial charge in [-0.3, -0.25) is 20.4 Å². The largest absolute Gasteiger partial charge is 0.469 e. The molecule has 3 aromatic rings. The Bertz CT molecular complexity index is 936. The van der Waals surface area contributed by atoms with Gasteiger partial charge < -0.3 is 8.98 Å². The van der Waals surface area contributed by atoms with Gasteiger partial charge in [-0.25, -0.2) is 0 Å². The molecule has 0 aliphatic heterocycles. The van der Waals surface area contributed by atoms with Crippen molar-refractivity contribution in [2.24, 2.45) is 0 Å². The molecule has 3 rings (SSSR count). The molecule has 0 bridgehead atoms. The van der Waals surface area contributed by atoms with Crippen LogP contribution in [0.2, 0.25) is 0 Å². The van der Waals surface area contributed by atoms with Gasteiger partial charge in [-0.15, -0.1) is 10.2 Å². The molecule has 2 N–H and O–H groups in total. The molecule has 140 valence electrons. The molecule has 0 saturated heterocycles. The molecular formula is C18H19N5O3S. The van der Waals surface area contributed by atoms with Crippen LogP contribution in [0, 0.1) is 6.92 Å². The van der Waals surface area contributed by atoms with E-state index in [1.54, 1.807) is 30.5 Å². The van der Waals surface area contributed by atoms with E-state index in [4.69, 9.17) is 4.42 Å². The Morgan fingerprint density at radius 1 is 1.15 bits per heavy atom. The van der Waals surface area contributed by atoms with Gasteiger partial charge in [-0.05, 0) is 32.0 Å². The first-order chi connectivity index (χ1) is 13.1. The minimum Gasteiger partial charge on any atom is -0.469 e. The fourth-order valence-corrected chi connectivity index (χ4v) is 3.25. The van der Waals surface area contributed by atoms with Gasteiger partial charge >= 0.3 is 0 Å². The van der Waals surface area contributed by atoms with Gasteiger partial charge in [-0.2, -0.15) is 0 Å². The number of carbonyl (C=O) groups is 2. The fraction of sp³-hybridized carbons (Fsp3) is 0.222. The third-order valence-corrected chi connectivity index (χ3v) is 4.78. The average Bonchev–Trinajstić information content (AvgIpc) is 3.30. The quantitative estimate of drug-likeness (QED) is 0.499. The molecular weight excluding hydrogens is 366 g/mol. The smallest absolute Gasteiger partial charge is 0.269 e. The van der Waals surface area contributed by atoms with Crippen LogP contribution in [0.15, 0.2) is 52.2 Å². The van der Waals surface area contributed by atoms with E-state index in [-0.39, 0.29) is 17.6 Å². The molecule has 27 heavy (non-hydrogen) atoms. The summed E-state index contributed by atoms with van der Waals surface area (Å²) >= 11 is 1.25. The van der Waals surface area contributed by atoms with E-state index >= 15 is 0 Å². The molecule has 2 aromatic heterocycles. The van der Waals surface area contributed by atoms with Gasteiger partial charge in [0.2, 0.25) is 5.91 Å². The first kappa shape index (κ1) is 18.7. The molecule has 0 aliphatic rings. The lowest BCUT2D eigenvalue weighted by atomic mass is 10.2. The Morgan fingerprint density at radius 2 is 1.93 bits per heavy atom. The molecule has 2 heterocycles. The van der Waals surface area contributed by atoms with E-state index < -0.39 is 0 Å². The molecule has 0 saturated carbocycles. The lowest BCUT2D eigenvalue weighted by Gasteiger charge is -2.08. The summed E-state index contributed by atoms with van der Waals surface area (Å²) in [5.41, 5.74) is 6.13. The number of benzene rings is 1. The van der Waals surface area contributed by atoms with Crippen molar-refractivity contribution in [3.05, 3.63) is 54.0 Å². The summed E-state index contributed by atoms with van der Waals surface area (Å²) in [6.07, 6.45) is 1.61. The zero-order chi connectivity index (χ0) is 19.2. The Labute approximate surface area is 160 Å². The lowest BCUT2D eigenvalue weighted by Crippen LogP contribution is -2.42. The van der Waals surface area contributed by atoms with E-state index in [2.05, 4.69) is 21.0 Å². The molecule has 0 atom stereocenters. The minimum absolute atomic E-state index is 0.0948. The van der Waals surface area contributed by atoms with Crippen LogP contribution < -0.4 is 10.9 Å². The van der Waals surface area contributed by atoms with Gasteiger partial charge in [-0.1, -0.05) is 30.0 Å². The fourth-order valence-electron chi connectivity index (χ4n) is 2.45. The molecule has 0 radical (unpaired) electrons. The number of amides is 2. The van der Waals surface area contributed by atoms with Crippen LogP contribution in [-0.2, 0) is 11.3 Å². The Morgan fingerprint density at radius 3 is 2.59 bits per heavy atom. The number of hydrazine groups is 1. The summed E-state index contributed by atoms with van der Waals surface area (Å²) in [6, 6.07) is 10.5. The van der Waals surface area contributed by atoms with E-state index in [1.807, 2.05) is 30.5 Å². The van der Waals surface area contributed by atoms with Gasteiger partial charge in [0.05, 0.1) is 17.6 Å². The highest BCUT2D eigenvalue weighted by Crippen LogP contribution is 2.26. The van der Waals surface area contributed by atoms with Crippen LogP contribution in [-0.4, -0.2) is 32.3 Å². The normalized spacial score (nSPS) is 10.6. The van der Waals surface area contributed by atoms with Crippen LogP contribution in [0.3, 0.4) is 0 Å². The van der Waals surface area contributed by atoms with E-state index in [0.717, 1.165) is 11.3 Å². The number of rotatable bonds is 6. The molecule has 8 nitrogen and oxygen atoms in total. The Hall–Kier alpha value is -3.07. The summed E-state index contributed by atoms with van der Waals surface area (Å²) in [4.78, 5) is 23.9. The van der Waals surface area contributed by atoms with Crippen LogP contribution >= 0.6 is 11.8 Å². The predicted molar refractivity (Wildman–Crippen MR) is 101 cm³/mol. The number of hydrogen-bond acceptors (Lipinski definition) is 6. The number of hydrogen-bond donors (Lipinski definition) is 2. The second-order valence-corrected chi connectivity index (χ2v) is 6.54. The number of aromatic nitrogens is 3. The Kier molecular flexibility index (Phi) is 5.92. The zero-order valence-corrected chi connectivity index (χ0v) is 15.7. The number of nitrogens with zero attached hydrogens (tertiary/aromatic N) is 3. The maximum Gasteiger partial charge on any atom is 0.269 e. The molecule has 0 unspecified atom stereocenters. The highest BCUT2D eigenvalue weighted by atomic mass is 32.2. The van der Waals surface area contributed by atoms with Crippen molar-refractivity contribution in [2.45, 2.75) is 25.5 Å². The third kappa shape index (κ3) is 4.37. The van der Waals surface area contributed by atoms with Gasteiger partial charge in [0.25, 0.3) is 5.91 Å². The zero-order valence-electron chi connectivity index (χ0n) is 14.9. The van der Waals surface area contributed by atoms with Gasteiger partial charge in [0.15, 0.2) is 11.0 Å².